The van der Waals surface area contributed by atoms with Gasteiger partial charge in [-0.25, -0.2) is 9.97 Å². The van der Waals surface area contributed by atoms with Crippen molar-refractivity contribution in [3.05, 3.63) is 11.4 Å². The van der Waals surface area contributed by atoms with Crippen LogP contribution in [0.15, 0.2) is 0 Å². The van der Waals surface area contributed by atoms with Gasteiger partial charge < -0.3 is 16.0 Å². The zero-order valence-electron chi connectivity index (χ0n) is 12.2. The molecule has 1 fully saturated rings. The van der Waals surface area contributed by atoms with E-state index in [4.69, 9.17) is 5.73 Å². The zero-order valence-corrected chi connectivity index (χ0v) is 12.2. The molecule has 1 atom stereocenters. The highest BCUT2D eigenvalue weighted by atomic mass is 15.1. The van der Waals surface area contributed by atoms with Crippen LogP contribution in [0.3, 0.4) is 0 Å². The Morgan fingerprint density at radius 2 is 2.21 bits per heavy atom. The summed E-state index contributed by atoms with van der Waals surface area (Å²) < 4.78 is 0. The Labute approximate surface area is 115 Å². The van der Waals surface area contributed by atoms with E-state index < -0.39 is 0 Å². The number of nitrogens with zero attached hydrogens (tertiary/aromatic N) is 3. The summed E-state index contributed by atoms with van der Waals surface area (Å²) in [5, 5.41) is 3.46. The number of hydrogen-bond donors (Lipinski definition) is 2. The summed E-state index contributed by atoms with van der Waals surface area (Å²) in [6.07, 6.45) is 3.39. The Morgan fingerprint density at radius 1 is 1.42 bits per heavy atom. The molecule has 0 aromatic carbocycles. The Hall–Kier alpha value is -1.36. The lowest BCUT2D eigenvalue weighted by Crippen LogP contribution is -2.35. The number of nitrogens with one attached hydrogen (secondary N) is 1. The Bertz CT molecular complexity index is 432. The summed E-state index contributed by atoms with van der Waals surface area (Å²) in [5.41, 5.74) is 6.89. The molecule has 5 nitrogen and oxygen atoms in total. The molecule has 1 aliphatic rings. The second kappa shape index (κ2) is 6.19. The van der Waals surface area contributed by atoms with Crippen LogP contribution in [0.4, 0.5) is 11.6 Å². The van der Waals surface area contributed by atoms with Crippen molar-refractivity contribution in [1.29, 1.82) is 0 Å². The fourth-order valence-corrected chi connectivity index (χ4v) is 2.59. The van der Waals surface area contributed by atoms with Gasteiger partial charge in [0.25, 0.3) is 0 Å². The van der Waals surface area contributed by atoms with E-state index >= 15 is 0 Å². The molecule has 1 aromatic rings. The van der Waals surface area contributed by atoms with Crippen LogP contribution in [0.2, 0.25) is 0 Å². The van der Waals surface area contributed by atoms with E-state index in [0.717, 1.165) is 36.7 Å². The lowest BCUT2D eigenvalue weighted by molar-refractivity contribution is 0.217. The summed E-state index contributed by atoms with van der Waals surface area (Å²) in [4.78, 5) is 11.2. The van der Waals surface area contributed by atoms with E-state index in [1.54, 1.807) is 0 Å². The minimum Gasteiger partial charge on any atom is -0.383 e. The number of hydrogen-bond acceptors (Lipinski definition) is 5. The van der Waals surface area contributed by atoms with Crippen molar-refractivity contribution in [3.63, 3.8) is 0 Å². The molecular formula is C14H25N5. The van der Waals surface area contributed by atoms with E-state index in [1.807, 2.05) is 13.8 Å². The predicted octanol–water partition coefficient (Wildman–Crippen LogP) is 1.68. The SMILES string of the molecule is CCc1nc(N)c(C)c(NCC2CCCN(C)C2)n1. The second-order valence-electron chi connectivity index (χ2n) is 5.50. The fourth-order valence-electron chi connectivity index (χ4n) is 2.59. The first kappa shape index (κ1) is 14.1. The molecule has 19 heavy (non-hydrogen) atoms. The van der Waals surface area contributed by atoms with E-state index in [1.165, 1.54) is 19.4 Å². The summed E-state index contributed by atoms with van der Waals surface area (Å²) in [6.45, 7) is 7.36. The highest BCUT2D eigenvalue weighted by molar-refractivity contribution is 5.54. The lowest BCUT2D eigenvalue weighted by atomic mass is 9.98. The standard InChI is InChI=1S/C14H25N5/c1-4-12-17-13(15)10(2)14(18-12)16-8-11-6-5-7-19(3)9-11/h11H,4-9H2,1-3H3,(H3,15,16,17,18). The minimum atomic E-state index is 0.593. The molecular weight excluding hydrogens is 238 g/mol. The highest BCUT2D eigenvalue weighted by Crippen LogP contribution is 2.20. The maximum absolute atomic E-state index is 5.93. The molecule has 1 aromatic heterocycles. The third kappa shape index (κ3) is 3.56. The number of nitrogens with two attached hydrogens (primary N) is 1. The van der Waals surface area contributed by atoms with Gasteiger partial charge >= 0.3 is 0 Å². The van der Waals surface area contributed by atoms with Crippen molar-refractivity contribution in [2.45, 2.75) is 33.1 Å². The number of anilines is 2. The molecule has 0 aliphatic carbocycles. The third-order valence-corrected chi connectivity index (χ3v) is 3.83. The normalized spacial score (nSPS) is 20.5. The van der Waals surface area contributed by atoms with Crippen LogP contribution in [0, 0.1) is 12.8 Å². The molecule has 0 bridgehead atoms. The van der Waals surface area contributed by atoms with Gasteiger partial charge in [0.15, 0.2) is 0 Å². The van der Waals surface area contributed by atoms with E-state index in [-0.39, 0.29) is 0 Å². The number of aromatic nitrogens is 2. The Kier molecular flexibility index (Phi) is 4.58. The molecule has 0 saturated carbocycles. The minimum absolute atomic E-state index is 0.593. The summed E-state index contributed by atoms with van der Waals surface area (Å²) in [6, 6.07) is 0. The van der Waals surface area contributed by atoms with Gasteiger partial charge in [-0.05, 0) is 39.3 Å². The highest BCUT2D eigenvalue weighted by Gasteiger charge is 2.17. The quantitative estimate of drug-likeness (QED) is 0.865. The van der Waals surface area contributed by atoms with Crippen molar-refractivity contribution in [2.75, 3.05) is 37.7 Å². The van der Waals surface area contributed by atoms with Crippen LogP contribution in [0.1, 0.15) is 31.2 Å². The average Bonchev–Trinajstić information content (AvgIpc) is 2.40. The van der Waals surface area contributed by atoms with E-state index in [9.17, 15) is 0 Å². The smallest absolute Gasteiger partial charge is 0.134 e. The van der Waals surface area contributed by atoms with Crippen molar-refractivity contribution in [3.8, 4) is 0 Å². The van der Waals surface area contributed by atoms with Gasteiger partial charge in [0.1, 0.15) is 17.5 Å². The number of likely N-dealkylation sites (tertiary alicyclic amines) is 1. The number of aryl methyl sites for hydroxylation is 1. The zero-order chi connectivity index (χ0) is 13.8. The van der Waals surface area contributed by atoms with Crippen molar-refractivity contribution < 1.29 is 0 Å². The molecule has 0 radical (unpaired) electrons. The van der Waals surface area contributed by atoms with E-state index in [2.05, 4.69) is 27.2 Å². The molecule has 0 amide bonds. The maximum atomic E-state index is 5.93. The number of nitrogen functional groups attached to an aromatic ring is 1. The molecule has 3 N–H and O–H groups in total. The summed E-state index contributed by atoms with van der Waals surface area (Å²) in [5.74, 6) is 3.00. The second-order valence-corrected chi connectivity index (χ2v) is 5.50. The van der Waals surface area contributed by atoms with E-state index in [0.29, 0.717) is 11.7 Å². The molecule has 106 valence electrons. The summed E-state index contributed by atoms with van der Waals surface area (Å²) in [7, 11) is 2.19. The van der Waals surface area contributed by atoms with Crippen molar-refractivity contribution >= 4 is 11.6 Å². The van der Waals surface area contributed by atoms with Crippen LogP contribution in [-0.4, -0.2) is 41.5 Å². The molecule has 1 aliphatic heterocycles. The molecule has 1 unspecified atom stereocenters. The Balaban J connectivity index is 2.00. The maximum Gasteiger partial charge on any atom is 0.134 e. The molecule has 0 spiro atoms. The lowest BCUT2D eigenvalue weighted by Gasteiger charge is -2.30. The first-order chi connectivity index (χ1) is 9.10. The Morgan fingerprint density at radius 3 is 2.89 bits per heavy atom. The number of piperidine rings is 1. The van der Waals surface area contributed by atoms with Crippen molar-refractivity contribution in [1.82, 2.24) is 14.9 Å². The first-order valence-electron chi connectivity index (χ1n) is 7.15. The fraction of sp³-hybridized carbons (Fsp3) is 0.714. The van der Waals surface area contributed by atoms with Crippen LogP contribution in [0.25, 0.3) is 0 Å². The van der Waals surface area contributed by atoms with Gasteiger partial charge in [0.05, 0.1) is 0 Å². The van der Waals surface area contributed by atoms with Crippen LogP contribution < -0.4 is 11.1 Å². The van der Waals surface area contributed by atoms with Crippen LogP contribution in [-0.2, 0) is 6.42 Å². The van der Waals surface area contributed by atoms with Crippen LogP contribution >= 0.6 is 0 Å². The largest absolute Gasteiger partial charge is 0.383 e. The third-order valence-electron chi connectivity index (χ3n) is 3.83. The average molecular weight is 263 g/mol. The number of rotatable bonds is 4. The topological polar surface area (TPSA) is 67.1 Å². The molecule has 1 saturated heterocycles. The van der Waals surface area contributed by atoms with Gasteiger partial charge in [-0.15, -0.1) is 0 Å². The summed E-state index contributed by atoms with van der Waals surface area (Å²) >= 11 is 0. The van der Waals surface area contributed by atoms with Gasteiger partial charge in [-0.3, -0.25) is 0 Å². The van der Waals surface area contributed by atoms with Crippen LogP contribution in [0.5, 0.6) is 0 Å². The van der Waals surface area contributed by atoms with Crippen molar-refractivity contribution in [2.24, 2.45) is 5.92 Å². The monoisotopic (exact) mass is 263 g/mol. The van der Waals surface area contributed by atoms with Gasteiger partial charge in [-0.1, -0.05) is 6.92 Å². The molecule has 2 heterocycles. The molecule has 5 heteroatoms. The molecule has 2 rings (SSSR count). The predicted molar refractivity (Wildman–Crippen MR) is 79.3 cm³/mol. The van der Waals surface area contributed by atoms with Gasteiger partial charge in [0, 0.05) is 25.1 Å². The first-order valence-corrected chi connectivity index (χ1v) is 7.15. The van der Waals surface area contributed by atoms with Gasteiger partial charge in [0.2, 0.25) is 0 Å². The van der Waals surface area contributed by atoms with Gasteiger partial charge in [-0.2, -0.15) is 0 Å².